The number of aliphatic hydroxyl groups is 2. The molecule has 0 amide bonds. The number of hydrogen-bond acceptors (Lipinski definition) is 3. The Balaban J connectivity index is 3.63. The van der Waals surface area contributed by atoms with Gasteiger partial charge in [-0.05, 0) is 32.4 Å². The van der Waals surface area contributed by atoms with Gasteiger partial charge in [-0.15, -0.1) is 0 Å². The summed E-state index contributed by atoms with van der Waals surface area (Å²) in [5, 5.41) is 18.3. The topological polar surface area (TPSA) is 40.5 Å². The van der Waals surface area contributed by atoms with E-state index in [0.29, 0.717) is 0 Å². The lowest BCUT2D eigenvalue weighted by Crippen LogP contribution is -2.22. The molecule has 0 aliphatic rings. The molecule has 2 nitrogen and oxygen atoms in total. The van der Waals surface area contributed by atoms with Gasteiger partial charge in [0.2, 0.25) is 0 Å². The van der Waals surface area contributed by atoms with Gasteiger partial charge < -0.3 is 10.2 Å². The standard InChI is InChI=1S/C10H22O2S/c1-9(2,12)6-8-13-10(3,4)5-7-11/h11-12H,5-8H2,1-4H3. The highest BCUT2D eigenvalue weighted by atomic mass is 32.2. The molecule has 13 heavy (non-hydrogen) atoms. The second-order valence-electron chi connectivity index (χ2n) is 4.64. The fourth-order valence-electron chi connectivity index (χ4n) is 0.919. The van der Waals surface area contributed by atoms with E-state index in [2.05, 4.69) is 13.8 Å². The van der Waals surface area contributed by atoms with Crippen molar-refractivity contribution < 1.29 is 10.2 Å². The summed E-state index contributed by atoms with van der Waals surface area (Å²) in [6, 6.07) is 0. The Bertz CT molecular complexity index is 138. The molecule has 0 spiro atoms. The predicted octanol–water partition coefficient (Wildman–Crippen LogP) is 2.04. The molecule has 0 bridgehead atoms. The van der Waals surface area contributed by atoms with Crippen molar-refractivity contribution in [1.82, 2.24) is 0 Å². The third-order valence-corrected chi connectivity index (χ3v) is 3.31. The Hall–Kier alpha value is 0.270. The van der Waals surface area contributed by atoms with Crippen molar-refractivity contribution in [1.29, 1.82) is 0 Å². The minimum atomic E-state index is -0.567. The molecule has 0 aliphatic heterocycles. The lowest BCUT2D eigenvalue weighted by molar-refractivity contribution is 0.0777. The van der Waals surface area contributed by atoms with E-state index in [1.54, 1.807) is 0 Å². The number of aliphatic hydroxyl groups excluding tert-OH is 1. The third kappa shape index (κ3) is 8.60. The molecule has 80 valence electrons. The first-order chi connectivity index (χ1) is 5.77. The van der Waals surface area contributed by atoms with E-state index in [9.17, 15) is 5.11 Å². The third-order valence-electron chi connectivity index (χ3n) is 1.92. The van der Waals surface area contributed by atoms with Crippen molar-refractivity contribution >= 4 is 11.8 Å². The Morgan fingerprint density at radius 3 is 2.00 bits per heavy atom. The Morgan fingerprint density at radius 2 is 1.62 bits per heavy atom. The van der Waals surface area contributed by atoms with E-state index in [-0.39, 0.29) is 11.4 Å². The van der Waals surface area contributed by atoms with Crippen LogP contribution in [-0.4, -0.2) is 32.9 Å². The summed E-state index contributed by atoms with van der Waals surface area (Å²) >= 11 is 1.81. The van der Waals surface area contributed by atoms with Gasteiger partial charge >= 0.3 is 0 Å². The van der Waals surface area contributed by atoms with Gasteiger partial charge in [-0.2, -0.15) is 11.8 Å². The van der Waals surface area contributed by atoms with Crippen molar-refractivity contribution in [2.45, 2.75) is 50.9 Å². The van der Waals surface area contributed by atoms with Crippen LogP contribution in [0.4, 0.5) is 0 Å². The van der Waals surface area contributed by atoms with Crippen LogP contribution in [0.15, 0.2) is 0 Å². The average Bonchev–Trinajstić information content (AvgIpc) is 1.82. The van der Waals surface area contributed by atoms with Crippen molar-refractivity contribution in [3.8, 4) is 0 Å². The van der Waals surface area contributed by atoms with Gasteiger partial charge in [0, 0.05) is 11.4 Å². The monoisotopic (exact) mass is 206 g/mol. The molecule has 0 aliphatic carbocycles. The van der Waals surface area contributed by atoms with Crippen LogP contribution in [0.3, 0.4) is 0 Å². The molecule has 0 unspecified atom stereocenters. The first kappa shape index (κ1) is 13.3. The van der Waals surface area contributed by atoms with E-state index in [1.807, 2.05) is 25.6 Å². The molecule has 0 radical (unpaired) electrons. The minimum absolute atomic E-state index is 0.125. The fraction of sp³-hybridized carbons (Fsp3) is 1.00. The van der Waals surface area contributed by atoms with E-state index < -0.39 is 5.60 Å². The maximum absolute atomic E-state index is 9.48. The molecule has 0 aromatic carbocycles. The molecule has 3 heteroatoms. The van der Waals surface area contributed by atoms with Crippen molar-refractivity contribution in [3.63, 3.8) is 0 Å². The van der Waals surface area contributed by atoms with Crippen molar-refractivity contribution in [2.24, 2.45) is 0 Å². The Kier molecular flexibility index (Phi) is 5.33. The Labute approximate surface area is 85.7 Å². The number of hydrogen-bond donors (Lipinski definition) is 2. The molecule has 0 saturated heterocycles. The molecule has 0 heterocycles. The lowest BCUT2D eigenvalue weighted by Gasteiger charge is -2.25. The smallest absolute Gasteiger partial charge is 0.0599 e. The maximum atomic E-state index is 9.48. The van der Waals surface area contributed by atoms with E-state index in [0.717, 1.165) is 18.6 Å². The van der Waals surface area contributed by atoms with Gasteiger partial charge in [0.15, 0.2) is 0 Å². The molecule has 0 fully saturated rings. The van der Waals surface area contributed by atoms with Crippen LogP contribution in [0.1, 0.15) is 40.5 Å². The molecular weight excluding hydrogens is 184 g/mol. The molecule has 0 rings (SSSR count). The zero-order valence-corrected chi connectivity index (χ0v) is 9.95. The van der Waals surface area contributed by atoms with Crippen LogP contribution in [0.5, 0.6) is 0 Å². The summed E-state index contributed by atoms with van der Waals surface area (Å²) in [5.41, 5.74) is -0.567. The van der Waals surface area contributed by atoms with Crippen molar-refractivity contribution in [3.05, 3.63) is 0 Å². The molecule has 0 aromatic rings. The number of thioether (sulfide) groups is 1. The highest BCUT2D eigenvalue weighted by molar-refractivity contribution is 8.00. The second kappa shape index (κ2) is 5.23. The maximum Gasteiger partial charge on any atom is 0.0599 e. The Morgan fingerprint density at radius 1 is 1.08 bits per heavy atom. The van der Waals surface area contributed by atoms with Gasteiger partial charge in [0.1, 0.15) is 0 Å². The normalized spacial score (nSPS) is 13.4. The van der Waals surface area contributed by atoms with Crippen LogP contribution in [0.25, 0.3) is 0 Å². The average molecular weight is 206 g/mol. The van der Waals surface area contributed by atoms with Crippen molar-refractivity contribution in [2.75, 3.05) is 12.4 Å². The second-order valence-corrected chi connectivity index (χ2v) is 6.45. The zero-order chi connectivity index (χ0) is 10.5. The van der Waals surface area contributed by atoms with Crippen LogP contribution in [-0.2, 0) is 0 Å². The summed E-state index contributed by atoms with van der Waals surface area (Å²) in [7, 11) is 0. The number of rotatable bonds is 6. The summed E-state index contributed by atoms with van der Waals surface area (Å²) in [6.07, 6.45) is 1.61. The van der Waals surface area contributed by atoms with Gasteiger partial charge in [0.25, 0.3) is 0 Å². The van der Waals surface area contributed by atoms with E-state index >= 15 is 0 Å². The van der Waals surface area contributed by atoms with Crippen LogP contribution in [0.2, 0.25) is 0 Å². The summed E-state index contributed by atoms with van der Waals surface area (Å²) in [5.74, 6) is 0.941. The quantitative estimate of drug-likeness (QED) is 0.698. The van der Waals surface area contributed by atoms with Gasteiger partial charge in [0.05, 0.1) is 5.60 Å². The highest BCUT2D eigenvalue weighted by Gasteiger charge is 2.19. The lowest BCUT2D eigenvalue weighted by atomic mass is 10.1. The van der Waals surface area contributed by atoms with E-state index in [4.69, 9.17) is 5.11 Å². The predicted molar refractivity (Wildman–Crippen MR) is 59.2 cm³/mol. The largest absolute Gasteiger partial charge is 0.396 e. The highest BCUT2D eigenvalue weighted by Crippen LogP contribution is 2.29. The molecule has 2 N–H and O–H groups in total. The molecular formula is C10H22O2S. The van der Waals surface area contributed by atoms with Gasteiger partial charge in [-0.1, -0.05) is 13.8 Å². The molecule has 0 saturated carbocycles. The first-order valence-corrected chi connectivity index (χ1v) is 5.73. The summed E-state index contributed by atoms with van der Waals surface area (Å²) in [6.45, 7) is 8.14. The van der Waals surface area contributed by atoms with Crippen LogP contribution in [0, 0.1) is 0 Å². The van der Waals surface area contributed by atoms with Crippen LogP contribution >= 0.6 is 11.8 Å². The molecule has 0 aromatic heterocycles. The SMILES string of the molecule is CC(C)(O)CCSC(C)(C)CCO. The van der Waals surface area contributed by atoms with Gasteiger partial charge in [-0.25, -0.2) is 0 Å². The first-order valence-electron chi connectivity index (χ1n) is 4.74. The van der Waals surface area contributed by atoms with Gasteiger partial charge in [-0.3, -0.25) is 0 Å². The summed E-state index contributed by atoms with van der Waals surface area (Å²) < 4.78 is 0.125. The summed E-state index contributed by atoms with van der Waals surface area (Å²) in [4.78, 5) is 0. The van der Waals surface area contributed by atoms with Crippen LogP contribution < -0.4 is 0 Å². The zero-order valence-electron chi connectivity index (χ0n) is 9.13. The fourth-order valence-corrected chi connectivity index (χ4v) is 2.31. The van der Waals surface area contributed by atoms with E-state index in [1.165, 1.54) is 0 Å². The minimum Gasteiger partial charge on any atom is -0.396 e. The molecule has 0 atom stereocenters.